The van der Waals surface area contributed by atoms with E-state index in [0.717, 1.165) is 16.8 Å². The van der Waals surface area contributed by atoms with Gasteiger partial charge in [0.25, 0.3) is 0 Å². The van der Waals surface area contributed by atoms with Crippen molar-refractivity contribution in [3.8, 4) is 0 Å². The number of aromatic nitrogens is 1. The van der Waals surface area contributed by atoms with E-state index in [0.29, 0.717) is 0 Å². The molecule has 0 saturated carbocycles. The van der Waals surface area contributed by atoms with Gasteiger partial charge in [-0.2, -0.15) is 0 Å². The summed E-state index contributed by atoms with van der Waals surface area (Å²) in [5.41, 5.74) is 10.6. The Morgan fingerprint density at radius 3 is 2.38 bits per heavy atom. The zero-order valence-corrected chi connectivity index (χ0v) is 9.64. The van der Waals surface area contributed by atoms with Crippen molar-refractivity contribution in [2.75, 3.05) is 0 Å². The summed E-state index contributed by atoms with van der Waals surface area (Å²) in [5.74, 6) is 0. The molecule has 0 spiro atoms. The Labute approximate surface area is 96.1 Å². The summed E-state index contributed by atoms with van der Waals surface area (Å²) in [6.45, 7) is 4.11. The molecule has 0 saturated heterocycles. The fourth-order valence-electron chi connectivity index (χ4n) is 1.76. The highest BCUT2D eigenvalue weighted by molar-refractivity contribution is 5.32. The smallest absolute Gasteiger partial charge is 0.0729 e. The zero-order chi connectivity index (χ0) is 11.5. The van der Waals surface area contributed by atoms with E-state index < -0.39 is 0 Å². The van der Waals surface area contributed by atoms with Crippen LogP contribution < -0.4 is 5.73 Å². The third-order valence-corrected chi connectivity index (χ3v) is 2.78. The predicted octanol–water partition coefficient (Wildman–Crippen LogP) is 2.75. The van der Waals surface area contributed by atoms with Crippen molar-refractivity contribution in [2.45, 2.75) is 19.9 Å². The Bertz CT molecular complexity index is 474. The fourth-order valence-corrected chi connectivity index (χ4v) is 1.76. The lowest BCUT2D eigenvalue weighted by Gasteiger charge is -2.13. The first-order valence-corrected chi connectivity index (χ1v) is 5.42. The molecule has 2 aromatic rings. The van der Waals surface area contributed by atoms with Crippen molar-refractivity contribution < 1.29 is 0 Å². The Morgan fingerprint density at radius 1 is 1.06 bits per heavy atom. The number of benzene rings is 1. The summed E-state index contributed by atoms with van der Waals surface area (Å²) in [6.07, 6.45) is 1.79. The van der Waals surface area contributed by atoms with E-state index in [2.05, 4.69) is 36.2 Å². The van der Waals surface area contributed by atoms with Gasteiger partial charge >= 0.3 is 0 Å². The lowest BCUT2D eigenvalue weighted by molar-refractivity contribution is 0.817. The highest BCUT2D eigenvalue weighted by atomic mass is 14.8. The van der Waals surface area contributed by atoms with Crippen LogP contribution >= 0.6 is 0 Å². The van der Waals surface area contributed by atoms with Crippen LogP contribution in [0.15, 0.2) is 42.6 Å². The standard InChI is InChI=1S/C14H16N2/c1-10-5-7-12(8-6-10)13(15)14-11(2)4-3-9-16-14/h3-9,13H,15H2,1-2H3. The van der Waals surface area contributed by atoms with Crippen LogP contribution in [0.1, 0.15) is 28.4 Å². The second kappa shape index (κ2) is 4.45. The molecule has 2 nitrogen and oxygen atoms in total. The van der Waals surface area contributed by atoms with Crippen LogP contribution in [0.5, 0.6) is 0 Å². The molecule has 2 heteroatoms. The Morgan fingerprint density at radius 2 is 1.75 bits per heavy atom. The molecule has 1 aromatic carbocycles. The molecule has 1 heterocycles. The average Bonchev–Trinajstić information content (AvgIpc) is 2.30. The molecule has 0 radical (unpaired) electrons. The van der Waals surface area contributed by atoms with Crippen molar-refractivity contribution in [3.63, 3.8) is 0 Å². The minimum Gasteiger partial charge on any atom is -0.319 e. The minimum absolute atomic E-state index is 0.137. The summed E-state index contributed by atoms with van der Waals surface area (Å²) >= 11 is 0. The topological polar surface area (TPSA) is 38.9 Å². The maximum atomic E-state index is 6.20. The first-order valence-electron chi connectivity index (χ1n) is 5.42. The van der Waals surface area contributed by atoms with Crippen LogP contribution in [0.2, 0.25) is 0 Å². The predicted molar refractivity (Wildman–Crippen MR) is 66.2 cm³/mol. The Hall–Kier alpha value is -1.67. The quantitative estimate of drug-likeness (QED) is 0.831. The van der Waals surface area contributed by atoms with Crippen LogP contribution in [-0.4, -0.2) is 4.98 Å². The number of aryl methyl sites for hydroxylation is 2. The average molecular weight is 212 g/mol. The Balaban J connectivity index is 2.35. The molecule has 1 unspecified atom stereocenters. The number of hydrogen-bond donors (Lipinski definition) is 1. The van der Waals surface area contributed by atoms with Gasteiger partial charge in [0, 0.05) is 6.20 Å². The van der Waals surface area contributed by atoms with Crippen molar-refractivity contribution >= 4 is 0 Å². The second-order valence-electron chi connectivity index (χ2n) is 4.09. The monoisotopic (exact) mass is 212 g/mol. The molecule has 0 aliphatic carbocycles. The van der Waals surface area contributed by atoms with Crippen LogP contribution in [0.25, 0.3) is 0 Å². The molecule has 0 fully saturated rings. The molecule has 0 amide bonds. The van der Waals surface area contributed by atoms with Gasteiger partial charge in [-0.15, -0.1) is 0 Å². The van der Waals surface area contributed by atoms with E-state index in [1.165, 1.54) is 5.56 Å². The minimum atomic E-state index is -0.137. The fraction of sp³-hybridized carbons (Fsp3) is 0.214. The molecule has 16 heavy (non-hydrogen) atoms. The van der Waals surface area contributed by atoms with E-state index in [9.17, 15) is 0 Å². The molecule has 2 rings (SSSR count). The summed E-state index contributed by atoms with van der Waals surface area (Å²) in [7, 11) is 0. The molecule has 0 aliphatic heterocycles. The summed E-state index contributed by atoms with van der Waals surface area (Å²) < 4.78 is 0. The molecule has 1 aromatic heterocycles. The van der Waals surface area contributed by atoms with E-state index in [1.807, 2.05) is 19.1 Å². The van der Waals surface area contributed by atoms with Gasteiger partial charge in [0.05, 0.1) is 11.7 Å². The highest BCUT2D eigenvalue weighted by Gasteiger charge is 2.11. The molecule has 1 atom stereocenters. The first-order chi connectivity index (χ1) is 7.68. The summed E-state index contributed by atoms with van der Waals surface area (Å²) in [6, 6.07) is 12.1. The van der Waals surface area contributed by atoms with Crippen molar-refractivity contribution in [2.24, 2.45) is 5.73 Å². The van der Waals surface area contributed by atoms with Crippen LogP contribution in [-0.2, 0) is 0 Å². The number of nitrogens with zero attached hydrogens (tertiary/aromatic N) is 1. The van der Waals surface area contributed by atoms with Crippen molar-refractivity contribution in [3.05, 3.63) is 65.0 Å². The van der Waals surface area contributed by atoms with Gasteiger partial charge in [0.1, 0.15) is 0 Å². The second-order valence-corrected chi connectivity index (χ2v) is 4.09. The van der Waals surface area contributed by atoms with Crippen molar-refractivity contribution in [1.29, 1.82) is 0 Å². The van der Waals surface area contributed by atoms with Gasteiger partial charge in [-0.3, -0.25) is 4.98 Å². The largest absolute Gasteiger partial charge is 0.319 e. The van der Waals surface area contributed by atoms with Gasteiger partial charge in [-0.05, 0) is 31.0 Å². The van der Waals surface area contributed by atoms with E-state index in [-0.39, 0.29) is 6.04 Å². The van der Waals surface area contributed by atoms with Gasteiger partial charge in [-0.1, -0.05) is 35.9 Å². The molecule has 82 valence electrons. The van der Waals surface area contributed by atoms with E-state index in [4.69, 9.17) is 5.73 Å². The van der Waals surface area contributed by atoms with Crippen molar-refractivity contribution in [1.82, 2.24) is 4.98 Å². The third-order valence-electron chi connectivity index (χ3n) is 2.78. The highest BCUT2D eigenvalue weighted by Crippen LogP contribution is 2.20. The number of nitrogens with two attached hydrogens (primary N) is 1. The zero-order valence-electron chi connectivity index (χ0n) is 9.64. The SMILES string of the molecule is Cc1ccc(C(N)c2ncccc2C)cc1. The van der Waals surface area contributed by atoms with Gasteiger partial charge in [0.2, 0.25) is 0 Å². The molecular weight excluding hydrogens is 196 g/mol. The van der Waals surface area contributed by atoms with Gasteiger partial charge in [-0.25, -0.2) is 0 Å². The number of pyridine rings is 1. The molecular formula is C14H16N2. The van der Waals surface area contributed by atoms with Gasteiger partial charge in [0.15, 0.2) is 0 Å². The Kier molecular flexibility index (Phi) is 3.02. The third kappa shape index (κ3) is 2.12. The summed E-state index contributed by atoms with van der Waals surface area (Å²) in [4.78, 5) is 4.35. The molecule has 2 N–H and O–H groups in total. The molecule has 0 bridgehead atoms. The lowest BCUT2D eigenvalue weighted by atomic mass is 10.00. The summed E-state index contributed by atoms with van der Waals surface area (Å²) in [5, 5.41) is 0. The maximum Gasteiger partial charge on any atom is 0.0729 e. The van der Waals surface area contributed by atoms with Crippen LogP contribution in [0, 0.1) is 13.8 Å². The van der Waals surface area contributed by atoms with Gasteiger partial charge < -0.3 is 5.73 Å². The maximum absolute atomic E-state index is 6.20. The lowest BCUT2D eigenvalue weighted by Crippen LogP contribution is -2.14. The van der Waals surface area contributed by atoms with E-state index in [1.54, 1.807) is 6.20 Å². The normalized spacial score (nSPS) is 12.4. The number of rotatable bonds is 2. The number of hydrogen-bond acceptors (Lipinski definition) is 2. The first kappa shape index (κ1) is 10.8. The van der Waals surface area contributed by atoms with Crippen LogP contribution in [0.3, 0.4) is 0 Å². The van der Waals surface area contributed by atoms with E-state index >= 15 is 0 Å². The molecule has 0 aliphatic rings. The van der Waals surface area contributed by atoms with Crippen LogP contribution in [0.4, 0.5) is 0 Å².